The molecule has 1 saturated heterocycles. The molecule has 1 fully saturated rings. The fourth-order valence-electron chi connectivity index (χ4n) is 3.04. The Balaban J connectivity index is 1.69. The first-order valence-corrected chi connectivity index (χ1v) is 8.81. The highest BCUT2D eigenvalue weighted by Gasteiger charge is 2.30. The number of carbonyl (C=O) groups excluding carboxylic acids is 1. The average molecular weight is 374 g/mol. The molecule has 6 heteroatoms. The largest absolute Gasteiger partial charge is 0.323 e. The number of nitrogens with one attached hydrogen (secondary N) is 1. The predicted molar refractivity (Wildman–Crippen MR) is 99.7 cm³/mol. The van der Waals surface area contributed by atoms with Gasteiger partial charge < -0.3 is 5.32 Å². The van der Waals surface area contributed by atoms with Crippen molar-refractivity contribution in [3.05, 3.63) is 63.6 Å². The Hall–Kier alpha value is -2.06. The van der Waals surface area contributed by atoms with Crippen LogP contribution in [0.3, 0.4) is 0 Å². The molecule has 0 spiro atoms. The van der Waals surface area contributed by atoms with E-state index in [1.54, 1.807) is 30.3 Å². The van der Waals surface area contributed by atoms with Crippen molar-refractivity contribution >= 4 is 34.8 Å². The monoisotopic (exact) mass is 373 g/mol. The van der Waals surface area contributed by atoms with Crippen LogP contribution in [0.1, 0.15) is 24.0 Å². The molecule has 2 aromatic rings. The lowest BCUT2D eigenvalue weighted by atomic mass is 10.1. The van der Waals surface area contributed by atoms with Crippen LogP contribution in [0, 0.1) is 11.3 Å². The molecule has 128 valence electrons. The van der Waals surface area contributed by atoms with E-state index < -0.39 is 0 Å². The molecule has 2 aromatic carbocycles. The quantitative estimate of drug-likeness (QED) is 0.859. The van der Waals surface area contributed by atoms with Gasteiger partial charge in [0.2, 0.25) is 5.91 Å². The van der Waals surface area contributed by atoms with Gasteiger partial charge in [0.15, 0.2) is 0 Å². The molecule has 4 nitrogen and oxygen atoms in total. The van der Waals surface area contributed by atoms with E-state index in [0.717, 1.165) is 24.9 Å². The highest BCUT2D eigenvalue weighted by atomic mass is 35.5. The van der Waals surface area contributed by atoms with Crippen LogP contribution in [0.4, 0.5) is 5.69 Å². The molecule has 1 atom stereocenters. The van der Waals surface area contributed by atoms with Crippen LogP contribution >= 0.6 is 23.2 Å². The lowest BCUT2D eigenvalue weighted by Gasteiger charge is -2.24. The van der Waals surface area contributed by atoms with Crippen LogP contribution in [0.25, 0.3) is 0 Å². The number of halogens is 2. The number of anilines is 1. The molecular weight excluding hydrogens is 357 g/mol. The fraction of sp³-hybridized carbons (Fsp3) is 0.263. The number of amides is 1. The molecule has 1 amide bonds. The summed E-state index contributed by atoms with van der Waals surface area (Å²) in [5.74, 6) is -0.0738. The van der Waals surface area contributed by atoms with Gasteiger partial charge in [0, 0.05) is 11.6 Å². The molecule has 1 aliphatic rings. The van der Waals surface area contributed by atoms with Crippen molar-refractivity contribution in [2.75, 3.05) is 11.9 Å². The number of hydrogen-bond donors (Lipinski definition) is 1. The van der Waals surface area contributed by atoms with Gasteiger partial charge in [-0.3, -0.25) is 9.69 Å². The summed E-state index contributed by atoms with van der Waals surface area (Å²) in [6, 6.07) is 14.4. The standard InChI is InChI=1S/C19H17Cl2N3O/c20-15-7-8-16(21)17(10-15)23-19(25)18-2-1-9-24(18)12-14-5-3-13(11-22)4-6-14/h3-8,10,18H,1-2,9,12H2,(H,23,25). The number of nitrogens with zero attached hydrogens (tertiary/aromatic N) is 2. The second-order valence-corrected chi connectivity index (χ2v) is 6.89. The van der Waals surface area contributed by atoms with Crippen molar-refractivity contribution < 1.29 is 4.79 Å². The molecule has 0 radical (unpaired) electrons. The zero-order chi connectivity index (χ0) is 17.8. The van der Waals surface area contributed by atoms with Crippen molar-refractivity contribution in [2.45, 2.75) is 25.4 Å². The summed E-state index contributed by atoms with van der Waals surface area (Å²) in [6.07, 6.45) is 1.78. The number of hydrogen-bond acceptors (Lipinski definition) is 3. The summed E-state index contributed by atoms with van der Waals surface area (Å²) < 4.78 is 0. The van der Waals surface area contributed by atoms with E-state index in [2.05, 4.69) is 16.3 Å². The Morgan fingerprint density at radius 1 is 1.24 bits per heavy atom. The third kappa shape index (κ3) is 4.32. The molecule has 0 saturated carbocycles. The summed E-state index contributed by atoms with van der Waals surface area (Å²) in [6.45, 7) is 1.54. The van der Waals surface area contributed by atoms with E-state index in [-0.39, 0.29) is 11.9 Å². The number of carbonyl (C=O) groups is 1. The molecule has 0 aliphatic carbocycles. The number of nitriles is 1. The van der Waals surface area contributed by atoms with Gasteiger partial charge in [-0.05, 0) is 55.3 Å². The minimum absolute atomic E-state index is 0.0738. The third-order valence-electron chi connectivity index (χ3n) is 4.32. The van der Waals surface area contributed by atoms with Gasteiger partial charge in [0.05, 0.1) is 28.4 Å². The van der Waals surface area contributed by atoms with Crippen molar-refractivity contribution in [3.63, 3.8) is 0 Å². The molecule has 1 heterocycles. The lowest BCUT2D eigenvalue weighted by Crippen LogP contribution is -2.39. The minimum atomic E-state index is -0.203. The van der Waals surface area contributed by atoms with E-state index in [9.17, 15) is 4.79 Å². The van der Waals surface area contributed by atoms with Crippen molar-refractivity contribution in [1.82, 2.24) is 4.90 Å². The van der Waals surface area contributed by atoms with Crippen LogP contribution in [0.2, 0.25) is 10.0 Å². The van der Waals surface area contributed by atoms with Crippen LogP contribution in [0.15, 0.2) is 42.5 Å². The maximum atomic E-state index is 12.7. The average Bonchev–Trinajstić information content (AvgIpc) is 3.07. The molecule has 25 heavy (non-hydrogen) atoms. The minimum Gasteiger partial charge on any atom is -0.323 e. The highest BCUT2D eigenvalue weighted by Crippen LogP contribution is 2.27. The molecule has 0 aromatic heterocycles. The molecule has 1 aliphatic heterocycles. The van der Waals surface area contributed by atoms with Gasteiger partial charge in [-0.25, -0.2) is 0 Å². The molecule has 1 N–H and O–H groups in total. The summed E-state index contributed by atoms with van der Waals surface area (Å²) in [4.78, 5) is 14.8. The Kier molecular flexibility index (Phi) is 5.60. The fourth-order valence-corrected chi connectivity index (χ4v) is 3.38. The Labute approximate surface area is 157 Å². The molecule has 1 unspecified atom stereocenters. The summed E-state index contributed by atoms with van der Waals surface area (Å²) in [5, 5.41) is 12.8. The van der Waals surface area contributed by atoms with Gasteiger partial charge in [0.25, 0.3) is 0 Å². The molecule has 3 rings (SSSR count). The van der Waals surface area contributed by atoms with Gasteiger partial charge in [-0.15, -0.1) is 0 Å². The summed E-state index contributed by atoms with van der Waals surface area (Å²) in [5.41, 5.74) is 2.25. The topological polar surface area (TPSA) is 56.1 Å². The summed E-state index contributed by atoms with van der Waals surface area (Å²) >= 11 is 12.1. The predicted octanol–water partition coefficient (Wildman–Crippen LogP) is 4.47. The second kappa shape index (κ2) is 7.88. The van der Waals surface area contributed by atoms with Gasteiger partial charge in [-0.2, -0.15) is 5.26 Å². The Morgan fingerprint density at radius 3 is 2.72 bits per heavy atom. The SMILES string of the molecule is N#Cc1ccc(CN2CCCC2C(=O)Nc2cc(Cl)ccc2Cl)cc1. The normalized spacial score (nSPS) is 17.2. The van der Waals surface area contributed by atoms with E-state index >= 15 is 0 Å². The van der Waals surface area contributed by atoms with Crippen LogP contribution < -0.4 is 5.32 Å². The number of likely N-dealkylation sites (tertiary alicyclic amines) is 1. The second-order valence-electron chi connectivity index (χ2n) is 6.05. The molecule has 0 bridgehead atoms. The van der Waals surface area contributed by atoms with Crippen LogP contribution in [-0.2, 0) is 11.3 Å². The first kappa shape index (κ1) is 17.8. The van der Waals surface area contributed by atoms with Crippen LogP contribution in [0.5, 0.6) is 0 Å². The van der Waals surface area contributed by atoms with E-state index in [1.165, 1.54) is 0 Å². The Bertz CT molecular complexity index is 814. The number of benzene rings is 2. The zero-order valence-corrected chi connectivity index (χ0v) is 15.0. The number of rotatable bonds is 4. The zero-order valence-electron chi connectivity index (χ0n) is 13.5. The van der Waals surface area contributed by atoms with E-state index in [1.807, 2.05) is 12.1 Å². The van der Waals surface area contributed by atoms with Gasteiger partial charge >= 0.3 is 0 Å². The van der Waals surface area contributed by atoms with Gasteiger partial charge in [0.1, 0.15) is 0 Å². The van der Waals surface area contributed by atoms with E-state index in [4.69, 9.17) is 28.5 Å². The molecular formula is C19H17Cl2N3O. The first-order chi connectivity index (χ1) is 12.1. The maximum absolute atomic E-state index is 12.7. The Morgan fingerprint density at radius 2 is 2.00 bits per heavy atom. The highest BCUT2D eigenvalue weighted by molar-refractivity contribution is 6.35. The third-order valence-corrected chi connectivity index (χ3v) is 4.89. The van der Waals surface area contributed by atoms with Crippen molar-refractivity contribution in [2.24, 2.45) is 0 Å². The van der Waals surface area contributed by atoms with Crippen LogP contribution in [-0.4, -0.2) is 23.4 Å². The van der Waals surface area contributed by atoms with Crippen molar-refractivity contribution in [3.8, 4) is 6.07 Å². The summed E-state index contributed by atoms with van der Waals surface area (Å²) in [7, 11) is 0. The smallest absolute Gasteiger partial charge is 0.241 e. The maximum Gasteiger partial charge on any atom is 0.241 e. The van der Waals surface area contributed by atoms with E-state index in [0.29, 0.717) is 27.8 Å². The first-order valence-electron chi connectivity index (χ1n) is 8.06. The lowest BCUT2D eigenvalue weighted by molar-refractivity contribution is -0.120. The van der Waals surface area contributed by atoms with Gasteiger partial charge in [-0.1, -0.05) is 35.3 Å². The van der Waals surface area contributed by atoms with Crippen molar-refractivity contribution in [1.29, 1.82) is 5.26 Å².